The average Bonchev–Trinajstić information content (AvgIpc) is 2.42. The third-order valence-corrected chi connectivity index (χ3v) is 3.65. The summed E-state index contributed by atoms with van der Waals surface area (Å²) in [5, 5.41) is 3.05. The third-order valence-electron chi connectivity index (χ3n) is 3.65. The molecular weight excluding hydrogens is 349 g/mol. The molecule has 1 rings (SSSR count). The van der Waals surface area contributed by atoms with Gasteiger partial charge in [-0.3, -0.25) is 4.99 Å². The number of nitrogens with zero attached hydrogens (tertiary/aromatic N) is 1. The maximum Gasteiger partial charge on any atom is 0.188 e. The van der Waals surface area contributed by atoms with Crippen LogP contribution in [0.1, 0.15) is 39.2 Å². The standard InChI is InChI=1S/C15H25N3.HI/c1-4-15(5-2,12-18-14(16)17-6-3)13-10-8-7-9-11-13;/h7-11H,4-6,12H2,1-3H3,(H3,16,17,18);1H. The first-order valence-electron chi connectivity index (χ1n) is 6.77. The van der Waals surface area contributed by atoms with Gasteiger partial charge in [-0.1, -0.05) is 44.2 Å². The molecule has 0 aliphatic rings. The number of rotatable bonds is 6. The van der Waals surface area contributed by atoms with Crippen LogP contribution in [0.5, 0.6) is 0 Å². The number of benzene rings is 1. The molecule has 19 heavy (non-hydrogen) atoms. The summed E-state index contributed by atoms with van der Waals surface area (Å²) in [6.45, 7) is 8.01. The molecule has 3 N–H and O–H groups in total. The Bertz CT molecular complexity index is 372. The smallest absolute Gasteiger partial charge is 0.188 e. The van der Waals surface area contributed by atoms with E-state index in [0.29, 0.717) is 5.96 Å². The van der Waals surface area contributed by atoms with E-state index in [1.54, 1.807) is 0 Å². The first-order valence-corrected chi connectivity index (χ1v) is 6.77. The molecule has 4 heteroatoms. The van der Waals surface area contributed by atoms with E-state index in [9.17, 15) is 0 Å². The number of nitrogens with two attached hydrogens (primary N) is 1. The van der Waals surface area contributed by atoms with Crippen molar-refractivity contribution in [3.05, 3.63) is 35.9 Å². The largest absolute Gasteiger partial charge is 0.370 e. The highest BCUT2D eigenvalue weighted by Crippen LogP contribution is 2.31. The van der Waals surface area contributed by atoms with Crippen LogP contribution in [0.15, 0.2) is 35.3 Å². The van der Waals surface area contributed by atoms with Gasteiger partial charge < -0.3 is 11.1 Å². The SMILES string of the molecule is CCNC(N)=NCC(CC)(CC)c1ccccc1.I. The fraction of sp³-hybridized carbons (Fsp3) is 0.533. The fourth-order valence-corrected chi connectivity index (χ4v) is 2.24. The maximum absolute atomic E-state index is 5.82. The van der Waals surface area contributed by atoms with Gasteiger partial charge in [0.1, 0.15) is 0 Å². The maximum atomic E-state index is 5.82. The van der Waals surface area contributed by atoms with Crippen LogP contribution in [0.2, 0.25) is 0 Å². The predicted octanol–water partition coefficient (Wildman–Crippen LogP) is 3.29. The van der Waals surface area contributed by atoms with E-state index in [2.05, 4.69) is 54.5 Å². The summed E-state index contributed by atoms with van der Waals surface area (Å²) in [7, 11) is 0. The lowest BCUT2D eigenvalue weighted by Crippen LogP contribution is -2.35. The molecule has 0 aromatic heterocycles. The zero-order chi connectivity index (χ0) is 13.4. The number of hydrogen-bond donors (Lipinski definition) is 2. The molecule has 0 aliphatic carbocycles. The van der Waals surface area contributed by atoms with Crippen LogP contribution in [0, 0.1) is 0 Å². The second kappa shape index (κ2) is 9.18. The molecule has 0 aliphatic heterocycles. The summed E-state index contributed by atoms with van der Waals surface area (Å²) < 4.78 is 0. The van der Waals surface area contributed by atoms with Gasteiger partial charge >= 0.3 is 0 Å². The lowest BCUT2D eigenvalue weighted by atomic mass is 9.76. The van der Waals surface area contributed by atoms with Gasteiger partial charge in [0.15, 0.2) is 5.96 Å². The second-order valence-corrected chi connectivity index (χ2v) is 4.59. The Labute approximate surface area is 134 Å². The molecule has 0 saturated carbocycles. The van der Waals surface area contributed by atoms with Crippen molar-refractivity contribution in [2.45, 2.75) is 39.0 Å². The Balaban J connectivity index is 0.00000324. The lowest BCUT2D eigenvalue weighted by Gasteiger charge is -2.30. The molecule has 0 unspecified atom stereocenters. The van der Waals surface area contributed by atoms with E-state index in [0.717, 1.165) is 25.9 Å². The minimum atomic E-state index is 0. The predicted molar refractivity (Wildman–Crippen MR) is 94.3 cm³/mol. The molecule has 1 aromatic rings. The Morgan fingerprint density at radius 2 is 1.74 bits per heavy atom. The summed E-state index contributed by atoms with van der Waals surface area (Å²) in [4.78, 5) is 4.49. The van der Waals surface area contributed by atoms with Crippen molar-refractivity contribution in [1.29, 1.82) is 0 Å². The molecule has 0 saturated heterocycles. The third kappa shape index (κ3) is 5.01. The summed E-state index contributed by atoms with van der Waals surface area (Å²) in [6.07, 6.45) is 2.13. The van der Waals surface area contributed by atoms with Crippen molar-refractivity contribution in [3.8, 4) is 0 Å². The number of aliphatic imine (C=N–C) groups is 1. The number of guanidine groups is 1. The Kier molecular flexibility index (Phi) is 8.80. The highest BCUT2D eigenvalue weighted by Gasteiger charge is 2.27. The summed E-state index contributed by atoms with van der Waals surface area (Å²) >= 11 is 0. The van der Waals surface area contributed by atoms with Gasteiger partial charge in [0, 0.05) is 12.0 Å². The molecule has 0 fully saturated rings. The van der Waals surface area contributed by atoms with Gasteiger partial charge in [0.05, 0.1) is 6.54 Å². The van der Waals surface area contributed by atoms with Crippen LogP contribution in [0.4, 0.5) is 0 Å². The van der Waals surface area contributed by atoms with E-state index < -0.39 is 0 Å². The summed E-state index contributed by atoms with van der Waals surface area (Å²) in [6, 6.07) is 10.6. The number of nitrogens with one attached hydrogen (secondary N) is 1. The van der Waals surface area contributed by atoms with E-state index in [-0.39, 0.29) is 29.4 Å². The highest BCUT2D eigenvalue weighted by atomic mass is 127. The van der Waals surface area contributed by atoms with Crippen molar-refractivity contribution in [2.75, 3.05) is 13.1 Å². The highest BCUT2D eigenvalue weighted by molar-refractivity contribution is 14.0. The van der Waals surface area contributed by atoms with Crippen LogP contribution >= 0.6 is 24.0 Å². The van der Waals surface area contributed by atoms with Gasteiger partial charge in [-0.15, -0.1) is 24.0 Å². The van der Waals surface area contributed by atoms with Gasteiger partial charge in [-0.05, 0) is 25.3 Å². The van der Waals surface area contributed by atoms with Crippen molar-refractivity contribution < 1.29 is 0 Å². The topological polar surface area (TPSA) is 50.4 Å². The Hall–Kier alpha value is -0.780. The molecule has 0 heterocycles. The fourth-order valence-electron chi connectivity index (χ4n) is 2.24. The van der Waals surface area contributed by atoms with Crippen molar-refractivity contribution >= 4 is 29.9 Å². The van der Waals surface area contributed by atoms with Crippen LogP contribution < -0.4 is 11.1 Å². The molecule has 0 bridgehead atoms. The molecule has 1 aromatic carbocycles. The van der Waals surface area contributed by atoms with Crippen LogP contribution in [-0.2, 0) is 5.41 Å². The van der Waals surface area contributed by atoms with Gasteiger partial charge in [0.2, 0.25) is 0 Å². The van der Waals surface area contributed by atoms with Crippen LogP contribution in [-0.4, -0.2) is 19.0 Å². The Morgan fingerprint density at radius 3 is 2.21 bits per heavy atom. The van der Waals surface area contributed by atoms with Crippen molar-refractivity contribution in [2.24, 2.45) is 10.7 Å². The average molecular weight is 375 g/mol. The monoisotopic (exact) mass is 375 g/mol. The van der Waals surface area contributed by atoms with E-state index in [4.69, 9.17) is 5.73 Å². The second-order valence-electron chi connectivity index (χ2n) is 4.59. The summed E-state index contributed by atoms with van der Waals surface area (Å²) in [5.41, 5.74) is 7.27. The first kappa shape index (κ1) is 18.2. The number of halogens is 1. The molecule has 0 atom stereocenters. The zero-order valence-electron chi connectivity index (χ0n) is 12.1. The minimum Gasteiger partial charge on any atom is -0.370 e. The molecule has 108 valence electrons. The van der Waals surface area contributed by atoms with Crippen LogP contribution in [0.3, 0.4) is 0 Å². The van der Waals surface area contributed by atoms with E-state index >= 15 is 0 Å². The molecule has 3 nitrogen and oxygen atoms in total. The number of hydrogen-bond acceptors (Lipinski definition) is 1. The zero-order valence-corrected chi connectivity index (χ0v) is 14.5. The normalized spacial score (nSPS) is 11.8. The Morgan fingerprint density at radius 1 is 1.16 bits per heavy atom. The van der Waals surface area contributed by atoms with Crippen molar-refractivity contribution in [3.63, 3.8) is 0 Å². The quantitative estimate of drug-likeness (QED) is 0.456. The van der Waals surface area contributed by atoms with Crippen LogP contribution in [0.25, 0.3) is 0 Å². The van der Waals surface area contributed by atoms with Crippen molar-refractivity contribution in [1.82, 2.24) is 5.32 Å². The molecule has 0 spiro atoms. The van der Waals surface area contributed by atoms with Gasteiger partial charge in [0.25, 0.3) is 0 Å². The molecular formula is C15H26IN3. The van der Waals surface area contributed by atoms with Gasteiger partial charge in [-0.25, -0.2) is 0 Å². The first-order chi connectivity index (χ1) is 8.68. The molecule has 0 amide bonds. The minimum absolute atomic E-state index is 0. The van der Waals surface area contributed by atoms with E-state index in [1.165, 1.54) is 5.56 Å². The summed E-state index contributed by atoms with van der Waals surface area (Å²) in [5.74, 6) is 0.541. The van der Waals surface area contributed by atoms with E-state index in [1.807, 2.05) is 6.92 Å². The van der Waals surface area contributed by atoms with Gasteiger partial charge in [-0.2, -0.15) is 0 Å². The molecule has 0 radical (unpaired) electrons. The lowest BCUT2D eigenvalue weighted by molar-refractivity contribution is 0.407.